The number of nitrogens with two attached hydrogens (primary N) is 1. The van der Waals surface area contributed by atoms with E-state index in [0.29, 0.717) is 0 Å². The van der Waals surface area contributed by atoms with Crippen LogP contribution in [0.1, 0.15) is 23.7 Å². The summed E-state index contributed by atoms with van der Waals surface area (Å²) in [6.45, 7) is 1.72. The Bertz CT molecular complexity index is 521. The first-order chi connectivity index (χ1) is 8.43. The number of nitrogens with zero attached hydrogens (tertiary/aromatic N) is 2. The van der Waals surface area contributed by atoms with Crippen molar-refractivity contribution >= 4 is 11.7 Å². The second kappa shape index (κ2) is 5.85. The second-order valence-electron chi connectivity index (χ2n) is 4.03. The van der Waals surface area contributed by atoms with Crippen LogP contribution in [-0.2, 0) is 7.05 Å². The third-order valence-electron chi connectivity index (χ3n) is 2.39. The molecule has 7 heteroatoms. The number of carbonyl (C=O) groups excluding carboxylic acids is 1. The summed E-state index contributed by atoms with van der Waals surface area (Å²) in [5, 5.41) is 13.9. The minimum absolute atomic E-state index is 0.0341. The molecule has 0 aliphatic heterocycles. The predicted molar refractivity (Wildman–Crippen MR) is 66.6 cm³/mol. The molecule has 0 saturated heterocycles. The fourth-order valence-corrected chi connectivity index (χ4v) is 1.40. The number of pyridine rings is 1. The molecule has 1 aromatic heterocycles. The van der Waals surface area contributed by atoms with Gasteiger partial charge in [-0.15, -0.1) is 0 Å². The van der Waals surface area contributed by atoms with E-state index in [2.05, 4.69) is 10.5 Å². The number of amidine groups is 1. The lowest BCUT2D eigenvalue weighted by Gasteiger charge is -2.12. The van der Waals surface area contributed by atoms with Gasteiger partial charge in [0.1, 0.15) is 5.84 Å². The van der Waals surface area contributed by atoms with Gasteiger partial charge in [0.05, 0.1) is 0 Å². The van der Waals surface area contributed by atoms with Crippen molar-refractivity contribution in [2.45, 2.75) is 19.4 Å². The van der Waals surface area contributed by atoms with Crippen LogP contribution < -0.4 is 16.6 Å². The lowest BCUT2D eigenvalue weighted by Crippen LogP contribution is -2.36. The highest BCUT2D eigenvalue weighted by molar-refractivity contribution is 5.94. The number of hydrogen-bond donors (Lipinski definition) is 3. The average molecular weight is 252 g/mol. The Morgan fingerprint density at radius 1 is 1.67 bits per heavy atom. The zero-order valence-electron chi connectivity index (χ0n) is 10.3. The van der Waals surface area contributed by atoms with Gasteiger partial charge in [-0.05, 0) is 13.0 Å². The fraction of sp³-hybridized carbons (Fsp3) is 0.364. The molecule has 0 saturated carbocycles. The number of carbonyl (C=O) groups is 1. The quantitative estimate of drug-likeness (QED) is 0.294. The van der Waals surface area contributed by atoms with Crippen LogP contribution >= 0.6 is 0 Å². The molecule has 1 atom stereocenters. The first-order valence-corrected chi connectivity index (χ1v) is 5.38. The van der Waals surface area contributed by atoms with Gasteiger partial charge in [-0.3, -0.25) is 9.59 Å². The molecule has 98 valence electrons. The van der Waals surface area contributed by atoms with E-state index in [1.807, 2.05) is 0 Å². The maximum atomic E-state index is 11.8. The summed E-state index contributed by atoms with van der Waals surface area (Å²) in [7, 11) is 1.60. The van der Waals surface area contributed by atoms with Gasteiger partial charge in [-0.1, -0.05) is 5.16 Å². The van der Waals surface area contributed by atoms with E-state index in [-0.39, 0.29) is 35.3 Å². The van der Waals surface area contributed by atoms with Crippen LogP contribution in [0.5, 0.6) is 0 Å². The van der Waals surface area contributed by atoms with Gasteiger partial charge in [0.2, 0.25) is 0 Å². The van der Waals surface area contributed by atoms with E-state index in [1.54, 1.807) is 20.0 Å². The molecule has 1 amide bonds. The number of rotatable bonds is 4. The summed E-state index contributed by atoms with van der Waals surface area (Å²) >= 11 is 0. The number of aryl methyl sites for hydroxylation is 1. The monoisotopic (exact) mass is 252 g/mol. The third-order valence-corrected chi connectivity index (χ3v) is 2.39. The average Bonchev–Trinajstić information content (AvgIpc) is 2.32. The largest absolute Gasteiger partial charge is 0.409 e. The Morgan fingerprint density at radius 3 is 2.89 bits per heavy atom. The molecule has 1 aromatic rings. The fourth-order valence-electron chi connectivity index (χ4n) is 1.40. The zero-order valence-corrected chi connectivity index (χ0v) is 10.3. The number of amides is 1. The van der Waals surface area contributed by atoms with Crippen molar-refractivity contribution in [2.75, 3.05) is 0 Å². The van der Waals surface area contributed by atoms with E-state index >= 15 is 0 Å². The van der Waals surface area contributed by atoms with Crippen molar-refractivity contribution in [1.29, 1.82) is 0 Å². The third kappa shape index (κ3) is 3.62. The van der Waals surface area contributed by atoms with Gasteiger partial charge in [-0.2, -0.15) is 0 Å². The zero-order chi connectivity index (χ0) is 13.7. The molecule has 0 bridgehead atoms. The molecule has 0 aromatic carbocycles. The van der Waals surface area contributed by atoms with Crippen molar-refractivity contribution in [2.24, 2.45) is 17.9 Å². The molecule has 4 N–H and O–H groups in total. The molecule has 7 nitrogen and oxygen atoms in total. The normalized spacial score (nSPS) is 13.1. The minimum atomic E-state index is -0.370. The SMILES string of the molecule is CC(C/C(N)=N/O)NC(=O)c1ccn(C)c(=O)c1. The van der Waals surface area contributed by atoms with Crippen LogP contribution in [0.4, 0.5) is 0 Å². The van der Waals surface area contributed by atoms with Crippen LogP contribution in [-0.4, -0.2) is 27.6 Å². The molecule has 0 fully saturated rings. The maximum absolute atomic E-state index is 11.8. The molecule has 1 unspecified atom stereocenters. The highest BCUT2D eigenvalue weighted by Gasteiger charge is 2.11. The summed E-state index contributed by atoms with van der Waals surface area (Å²) < 4.78 is 1.37. The number of aromatic nitrogens is 1. The summed E-state index contributed by atoms with van der Waals surface area (Å²) in [5.74, 6) is -0.335. The summed E-state index contributed by atoms with van der Waals surface area (Å²) in [4.78, 5) is 23.2. The molecule has 18 heavy (non-hydrogen) atoms. The van der Waals surface area contributed by atoms with Crippen molar-refractivity contribution in [3.8, 4) is 0 Å². The molecule has 0 spiro atoms. The number of nitrogens with one attached hydrogen (secondary N) is 1. The Balaban J connectivity index is 2.70. The smallest absolute Gasteiger partial charge is 0.251 e. The van der Waals surface area contributed by atoms with Crippen molar-refractivity contribution in [3.63, 3.8) is 0 Å². The van der Waals surface area contributed by atoms with Crippen LogP contribution in [0.3, 0.4) is 0 Å². The molecule has 1 rings (SSSR count). The van der Waals surface area contributed by atoms with Crippen molar-refractivity contribution < 1.29 is 10.0 Å². The highest BCUT2D eigenvalue weighted by atomic mass is 16.4. The maximum Gasteiger partial charge on any atom is 0.251 e. The lowest BCUT2D eigenvalue weighted by molar-refractivity contribution is 0.0940. The van der Waals surface area contributed by atoms with Crippen LogP contribution in [0, 0.1) is 0 Å². The molecule has 0 aliphatic carbocycles. The van der Waals surface area contributed by atoms with Gasteiger partial charge in [-0.25, -0.2) is 0 Å². The van der Waals surface area contributed by atoms with E-state index in [9.17, 15) is 9.59 Å². The van der Waals surface area contributed by atoms with E-state index in [1.165, 1.54) is 16.8 Å². The van der Waals surface area contributed by atoms with E-state index < -0.39 is 0 Å². The highest BCUT2D eigenvalue weighted by Crippen LogP contribution is 1.97. The van der Waals surface area contributed by atoms with E-state index in [0.717, 1.165) is 0 Å². The molecule has 0 aliphatic rings. The van der Waals surface area contributed by atoms with Gasteiger partial charge in [0.15, 0.2) is 0 Å². The summed E-state index contributed by atoms with van der Waals surface area (Å²) in [6, 6.07) is 2.51. The first-order valence-electron chi connectivity index (χ1n) is 5.38. The Morgan fingerprint density at radius 2 is 2.33 bits per heavy atom. The molecular formula is C11H16N4O3. The number of hydrogen-bond acceptors (Lipinski definition) is 4. The first kappa shape index (κ1) is 13.8. The lowest BCUT2D eigenvalue weighted by atomic mass is 10.2. The van der Waals surface area contributed by atoms with Gasteiger partial charge >= 0.3 is 0 Å². The Kier molecular flexibility index (Phi) is 4.47. The molecule has 0 radical (unpaired) electrons. The number of oxime groups is 1. The van der Waals surface area contributed by atoms with Crippen LogP contribution in [0.25, 0.3) is 0 Å². The molecular weight excluding hydrogens is 236 g/mol. The summed E-state index contributed by atoms with van der Waals surface area (Å²) in [6.07, 6.45) is 1.75. The second-order valence-corrected chi connectivity index (χ2v) is 4.03. The van der Waals surface area contributed by atoms with Crippen molar-refractivity contribution in [3.05, 3.63) is 34.2 Å². The summed E-state index contributed by atoms with van der Waals surface area (Å²) in [5.41, 5.74) is 5.35. The Labute approximate surface area is 104 Å². The minimum Gasteiger partial charge on any atom is -0.409 e. The predicted octanol–water partition coefficient (Wildman–Crippen LogP) is -0.360. The standard InChI is InChI=1S/C11H16N4O3/c1-7(5-9(12)14-18)13-11(17)8-3-4-15(2)10(16)6-8/h3-4,6-7,18H,5H2,1-2H3,(H2,12,14)(H,13,17). The van der Waals surface area contributed by atoms with Gasteiger partial charge < -0.3 is 20.8 Å². The van der Waals surface area contributed by atoms with Crippen molar-refractivity contribution in [1.82, 2.24) is 9.88 Å². The van der Waals surface area contributed by atoms with Gasteiger partial charge in [0, 0.05) is 37.3 Å². The molecule has 1 heterocycles. The van der Waals surface area contributed by atoms with E-state index in [4.69, 9.17) is 10.9 Å². The van der Waals surface area contributed by atoms with Crippen LogP contribution in [0.15, 0.2) is 28.3 Å². The van der Waals surface area contributed by atoms with Gasteiger partial charge in [0.25, 0.3) is 11.5 Å². The topological polar surface area (TPSA) is 110 Å². The Hall–Kier alpha value is -2.31. The van der Waals surface area contributed by atoms with Crippen LogP contribution in [0.2, 0.25) is 0 Å².